The van der Waals surface area contributed by atoms with Crippen LogP contribution in [-0.2, 0) is 9.53 Å². The van der Waals surface area contributed by atoms with Gasteiger partial charge in [-0.05, 0) is 30.9 Å². The van der Waals surface area contributed by atoms with Gasteiger partial charge in [-0.15, -0.1) is 0 Å². The highest BCUT2D eigenvalue weighted by molar-refractivity contribution is 6.63. The fourth-order valence-corrected chi connectivity index (χ4v) is 1.76. The van der Waals surface area contributed by atoms with Crippen LogP contribution in [0.25, 0.3) is 0 Å². The molecule has 0 bridgehead atoms. The molecule has 1 rings (SSSR count). The molecule has 0 aromatic heterocycles. The fourth-order valence-electron chi connectivity index (χ4n) is 1.57. The Hall–Kier alpha value is -0.0800. The molecule has 0 amide bonds. The van der Waals surface area contributed by atoms with E-state index in [2.05, 4.69) is 0 Å². The second kappa shape index (κ2) is 4.07. The summed E-state index contributed by atoms with van der Waals surface area (Å²) < 4.78 is 5.16. The predicted molar refractivity (Wildman–Crippen MR) is 43.6 cm³/mol. The summed E-state index contributed by atoms with van der Waals surface area (Å²) in [6.45, 7) is 0. The molecule has 3 heteroatoms. The van der Waals surface area contributed by atoms with Gasteiger partial charge in [0.15, 0.2) is 0 Å². The summed E-state index contributed by atoms with van der Waals surface area (Å²) in [6, 6.07) is 0. The summed E-state index contributed by atoms with van der Waals surface area (Å²) in [7, 11) is 1.69. The molecule has 1 aliphatic carbocycles. The Kier molecular flexibility index (Phi) is 3.34. The van der Waals surface area contributed by atoms with E-state index >= 15 is 0 Å². The highest BCUT2D eigenvalue weighted by atomic mass is 35.5. The van der Waals surface area contributed by atoms with Gasteiger partial charge in [0.05, 0.1) is 6.10 Å². The molecule has 0 N–H and O–H groups in total. The molecule has 1 saturated carbocycles. The van der Waals surface area contributed by atoms with E-state index in [1.807, 2.05) is 0 Å². The number of methoxy groups -OCH3 is 1. The van der Waals surface area contributed by atoms with Crippen LogP contribution in [0.2, 0.25) is 0 Å². The van der Waals surface area contributed by atoms with Gasteiger partial charge in [0.2, 0.25) is 5.24 Å². The Bertz CT molecular complexity index is 147. The van der Waals surface area contributed by atoms with Gasteiger partial charge in [-0.1, -0.05) is 6.42 Å². The van der Waals surface area contributed by atoms with E-state index < -0.39 is 0 Å². The lowest BCUT2D eigenvalue weighted by Gasteiger charge is -2.25. The van der Waals surface area contributed by atoms with Gasteiger partial charge in [0.25, 0.3) is 0 Å². The maximum Gasteiger partial charge on any atom is 0.224 e. The number of carbonyl (C=O) groups is 1. The zero-order chi connectivity index (χ0) is 8.27. The third-order valence-electron chi connectivity index (χ3n) is 2.28. The van der Waals surface area contributed by atoms with Crippen molar-refractivity contribution in [3.05, 3.63) is 0 Å². The second-order valence-electron chi connectivity index (χ2n) is 3.03. The third-order valence-corrected chi connectivity index (χ3v) is 2.59. The van der Waals surface area contributed by atoms with E-state index in [-0.39, 0.29) is 17.3 Å². The molecule has 0 aromatic carbocycles. The van der Waals surface area contributed by atoms with Crippen molar-refractivity contribution in [3.8, 4) is 0 Å². The van der Waals surface area contributed by atoms with Crippen LogP contribution in [0.1, 0.15) is 25.7 Å². The maximum absolute atomic E-state index is 10.8. The monoisotopic (exact) mass is 176 g/mol. The number of halogens is 1. The fraction of sp³-hybridized carbons (Fsp3) is 0.875. The first-order valence-electron chi connectivity index (χ1n) is 3.96. The number of ether oxygens (including phenoxy) is 1. The minimum atomic E-state index is -0.202. The van der Waals surface area contributed by atoms with E-state index in [0.717, 1.165) is 25.7 Å². The molecule has 0 spiro atoms. The molecule has 2 atom stereocenters. The van der Waals surface area contributed by atoms with E-state index in [1.54, 1.807) is 7.11 Å². The van der Waals surface area contributed by atoms with Gasteiger partial charge >= 0.3 is 0 Å². The molecular formula is C8H13ClO2. The zero-order valence-corrected chi connectivity index (χ0v) is 7.43. The molecular weight excluding hydrogens is 164 g/mol. The van der Waals surface area contributed by atoms with E-state index in [9.17, 15) is 4.79 Å². The summed E-state index contributed by atoms with van der Waals surface area (Å²) >= 11 is 5.38. The van der Waals surface area contributed by atoms with E-state index in [0.29, 0.717) is 0 Å². The molecule has 1 aliphatic rings. The average Bonchev–Trinajstić information content (AvgIpc) is 2.05. The normalized spacial score (nSPS) is 31.8. The summed E-state index contributed by atoms with van der Waals surface area (Å²) in [4.78, 5) is 10.8. The van der Waals surface area contributed by atoms with Crippen LogP contribution in [-0.4, -0.2) is 18.5 Å². The minimum Gasteiger partial charge on any atom is -0.381 e. The first-order valence-corrected chi connectivity index (χ1v) is 4.34. The summed E-state index contributed by atoms with van der Waals surface area (Å²) in [5.41, 5.74) is 0. The minimum absolute atomic E-state index is 0.0374. The lowest BCUT2D eigenvalue weighted by Crippen LogP contribution is -2.24. The topological polar surface area (TPSA) is 26.3 Å². The smallest absolute Gasteiger partial charge is 0.224 e. The van der Waals surface area contributed by atoms with Crippen LogP contribution in [0, 0.1) is 5.92 Å². The Morgan fingerprint density at radius 1 is 1.55 bits per heavy atom. The summed E-state index contributed by atoms with van der Waals surface area (Å²) in [5, 5.41) is -0.202. The van der Waals surface area contributed by atoms with Crippen LogP contribution in [0.3, 0.4) is 0 Å². The SMILES string of the molecule is CO[C@@H]1CCC[C@H](C(=O)Cl)C1. The largest absolute Gasteiger partial charge is 0.381 e. The Balaban J connectivity index is 2.39. The van der Waals surface area contributed by atoms with Gasteiger partial charge in [0, 0.05) is 13.0 Å². The van der Waals surface area contributed by atoms with Crippen LogP contribution in [0.15, 0.2) is 0 Å². The first-order chi connectivity index (χ1) is 5.24. The van der Waals surface area contributed by atoms with Gasteiger partial charge < -0.3 is 4.74 Å². The predicted octanol–water partition coefficient (Wildman–Crippen LogP) is 1.96. The van der Waals surface area contributed by atoms with Crippen LogP contribution in [0.4, 0.5) is 0 Å². The second-order valence-corrected chi connectivity index (χ2v) is 3.40. The van der Waals surface area contributed by atoms with Crippen molar-refractivity contribution in [1.82, 2.24) is 0 Å². The quantitative estimate of drug-likeness (QED) is 0.602. The van der Waals surface area contributed by atoms with Crippen molar-refractivity contribution >= 4 is 16.8 Å². The third kappa shape index (κ3) is 2.46. The Morgan fingerprint density at radius 2 is 2.27 bits per heavy atom. The molecule has 0 aromatic rings. The first kappa shape index (κ1) is 9.01. The van der Waals surface area contributed by atoms with Crippen molar-refractivity contribution in [2.24, 2.45) is 5.92 Å². The summed E-state index contributed by atoms with van der Waals surface area (Å²) in [6.07, 6.45) is 4.11. The standard InChI is InChI=1S/C8H13ClO2/c1-11-7-4-2-3-6(5-7)8(9)10/h6-7H,2-5H2,1H3/t6-,7+/m0/s1. The molecule has 0 aliphatic heterocycles. The maximum atomic E-state index is 10.8. The molecule has 2 nitrogen and oxygen atoms in total. The molecule has 1 fully saturated rings. The Morgan fingerprint density at radius 3 is 2.82 bits per heavy atom. The van der Waals surface area contributed by atoms with Crippen molar-refractivity contribution < 1.29 is 9.53 Å². The van der Waals surface area contributed by atoms with Gasteiger partial charge in [-0.3, -0.25) is 4.79 Å². The molecule has 64 valence electrons. The van der Waals surface area contributed by atoms with Gasteiger partial charge in [0.1, 0.15) is 0 Å². The molecule has 0 heterocycles. The summed E-state index contributed by atoms with van der Waals surface area (Å²) in [5.74, 6) is 0.0374. The van der Waals surface area contributed by atoms with Crippen LogP contribution in [0.5, 0.6) is 0 Å². The van der Waals surface area contributed by atoms with Gasteiger partial charge in [-0.25, -0.2) is 0 Å². The lowest BCUT2D eigenvalue weighted by atomic mass is 9.88. The van der Waals surface area contributed by atoms with Crippen LogP contribution >= 0.6 is 11.6 Å². The number of rotatable bonds is 2. The highest BCUT2D eigenvalue weighted by Gasteiger charge is 2.25. The number of hydrogen-bond donors (Lipinski definition) is 0. The van der Waals surface area contributed by atoms with Crippen molar-refractivity contribution in [2.75, 3.05) is 7.11 Å². The van der Waals surface area contributed by atoms with Gasteiger partial charge in [-0.2, -0.15) is 0 Å². The molecule has 11 heavy (non-hydrogen) atoms. The highest BCUT2D eigenvalue weighted by Crippen LogP contribution is 2.27. The van der Waals surface area contributed by atoms with E-state index in [4.69, 9.17) is 16.3 Å². The Labute approximate surface area is 71.9 Å². The number of carbonyl (C=O) groups excluding carboxylic acids is 1. The van der Waals surface area contributed by atoms with Crippen molar-refractivity contribution in [3.63, 3.8) is 0 Å². The molecule has 0 radical (unpaired) electrons. The molecule has 0 unspecified atom stereocenters. The number of hydrogen-bond acceptors (Lipinski definition) is 2. The molecule has 0 saturated heterocycles. The van der Waals surface area contributed by atoms with Crippen LogP contribution < -0.4 is 0 Å². The zero-order valence-electron chi connectivity index (χ0n) is 6.68. The lowest BCUT2D eigenvalue weighted by molar-refractivity contribution is -0.117. The van der Waals surface area contributed by atoms with E-state index in [1.165, 1.54) is 0 Å². The van der Waals surface area contributed by atoms with Crippen molar-refractivity contribution in [2.45, 2.75) is 31.8 Å². The average molecular weight is 177 g/mol. The van der Waals surface area contributed by atoms with Crippen molar-refractivity contribution in [1.29, 1.82) is 0 Å².